The van der Waals surface area contributed by atoms with Gasteiger partial charge >= 0.3 is 5.97 Å². The second kappa shape index (κ2) is 8.57. The van der Waals surface area contributed by atoms with Gasteiger partial charge in [0.05, 0.1) is 34.0 Å². The van der Waals surface area contributed by atoms with Crippen LogP contribution in [0.1, 0.15) is 6.92 Å². The number of ether oxygens (including phenoxy) is 1. The monoisotopic (exact) mass is 360 g/mol. The molecule has 1 aromatic carbocycles. The van der Waals surface area contributed by atoms with Crippen molar-refractivity contribution < 1.29 is 29.6 Å². The second-order valence-electron chi connectivity index (χ2n) is 5.03. The molecule has 0 heterocycles. The number of aliphatic hydroxyl groups is 2. The van der Waals surface area contributed by atoms with Crippen molar-refractivity contribution in [3.05, 3.63) is 38.4 Å². The summed E-state index contributed by atoms with van der Waals surface area (Å²) in [4.78, 5) is 32.1. The Hall–Kier alpha value is -2.24. The smallest absolute Gasteiger partial charge is 0.316 e. The molecule has 11 heteroatoms. The highest BCUT2D eigenvalue weighted by Gasteiger charge is 2.33. The fraction of sp³-hybridized carbons (Fsp3) is 0.462. The van der Waals surface area contributed by atoms with Crippen molar-refractivity contribution in [1.29, 1.82) is 0 Å². The fourth-order valence-corrected chi connectivity index (χ4v) is 2.36. The number of hydrogen-bond donors (Lipinski definition) is 2. The van der Waals surface area contributed by atoms with Crippen LogP contribution < -0.4 is 0 Å². The van der Waals surface area contributed by atoms with Gasteiger partial charge in [-0.3, -0.25) is 25.0 Å². The molecule has 0 atom stereocenters. The van der Waals surface area contributed by atoms with Crippen molar-refractivity contribution in [3.63, 3.8) is 0 Å². The highest BCUT2D eigenvalue weighted by atomic mass is 32.2. The van der Waals surface area contributed by atoms with Crippen molar-refractivity contribution in [3.8, 4) is 0 Å². The lowest BCUT2D eigenvalue weighted by Gasteiger charge is -2.21. The predicted octanol–water partition coefficient (Wildman–Crippen LogP) is 1.13. The van der Waals surface area contributed by atoms with Gasteiger partial charge < -0.3 is 14.9 Å². The van der Waals surface area contributed by atoms with E-state index in [0.29, 0.717) is 0 Å². The lowest BCUT2D eigenvalue weighted by molar-refractivity contribution is -0.396. The molecule has 10 nitrogen and oxygen atoms in total. The zero-order valence-electron chi connectivity index (χ0n) is 12.7. The van der Waals surface area contributed by atoms with E-state index in [2.05, 4.69) is 0 Å². The van der Waals surface area contributed by atoms with Crippen molar-refractivity contribution in [1.82, 2.24) is 0 Å². The molecule has 0 saturated carbocycles. The first-order valence-corrected chi connectivity index (χ1v) is 7.68. The van der Waals surface area contributed by atoms with Gasteiger partial charge in [-0.2, -0.15) is 0 Å². The Balaban J connectivity index is 2.67. The molecule has 132 valence electrons. The fourth-order valence-electron chi connectivity index (χ4n) is 1.52. The van der Waals surface area contributed by atoms with E-state index in [0.717, 1.165) is 23.9 Å². The molecular weight excluding hydrogens is 344 g/mol. The molecule has 0 aliphatic heterocycles. The second-order valence-corrected chi connectivity index (χ2v) is 6.16. The van der Waals surface area contributed by atoms with Crippen molar-refractivity contribution in [2.45, 2.75) is 11.8 Å². The standard InChI is InChI=1S/C13H16N2O8S/c1-13(7-16,8-17)12(18)23-4-5-24-11-3-2-9(14(19)20)6-10(11)15(21)22/h2-3,6,16-17H,4-5,7-8H2,1H3. The summed E-state index contributed by atoms with van der Waals surface area (Å²) in [5, 5.41) is 39.8. The molecule has 2 N–H and O–H groups in total. The van der Waals surface area contributed by atoms with Crippen molar-refractivity contribution >= 4 is 29.1 Å². The molecule has 0 radical (unpaired) electrons. The first-order chi connectivity index (χ1) is 11.2. The molecular formula is C13H16N2O8S. The van der Waals surface area contributed by atoms with Crippen LogP contribution in [0.25, 0.3) is 0 Å². The van der Waals surface area contributed by atoms with E-state index in [1.54, 1.807) is 0 Å². The minimum Gasteiger partial charge on any atom is -0.464 e. The van der Waals surface area contributed by atoms with E-state index in [1.165, 1.54) is 13.0 Å². The molecule has 0 unspecified atom stereocenters. The maximum Gasteiger partial charge on any atom is 0.316 e. The number of esters is 1. The number of aliphatic hydroxyl groups excluding tert-OH is 2. The Labute approximate surface area is 140 Å². The third-order valence-corrected chi connectivity index (χ3v) is 4.14. The minimum absolute atomic E-state index is 0.104. The number of nitro groups is 2. The van der Waals surface area contributed by atoms with Gasteiger partial charge in [0.1, 0.15) is 12.0 Å². The van der Waals surface area contributed by atoms with E-state index in [9.17, 15) is 25.0 Å². The van der Waals surface area contributed by atoms with Gasteiger partial charge in [0.2, 0.25) is 0 Å². The number of carbonyl (C=O) groups is 1. The number of benzene rings is 1. The molecule has 0 amide bonds. The van der Waals surface area contributed by atoms with Crippen LogP contribution in [0.2, 0.25) is 0 Å². The maximum absolute atomic E-state index is 11.7. The molecule has 1 aromatic rings. The summed E-state index contributed by atoms with van der Waals surface area (Å²) in [7, 11) is 0. The molecule has 0 fully saturated rings. The summed E-state index contributed by atoms with van der Waals surface area (Å²) < 4.78 is 4.92. The number of nitrogens with zero attached hydrogens (tertiary/aromatic N) is 2. The third kappa shape index (κ3) is 4.88. The molecule has 0 aliphatic rings. The van der Waals surface area contributed by atoms with Gasteiger partial charge in [0.15, 0.2) is 0 Å². The Morgan fingerprint density at radius 1 is 1.25 bits per heavy atom. The number of rotatable bonds is 9. The Bertz CT molecular complexity index is 632. The first kappa shape index (κ1) is 19.8. The van der Waals surface area contributed by atoms with Gasteiger partial charge in [0.25, 0.3) is 11.4 Å². The Kier molecular flexibility index (Phi) is 7.07. The van der Waals surface area contributed by atoms with Gasteiger partial charge in [-0.1, -0.05) is 0 Å². The average molecular weight is 360 g/mol. The van der Waals surface area contributed by atoms with Gasteiger partial charge in [0, 0.05) is 11.8 Å². The van der Waals surface area contributed by atoms with Crippen LogP contribution in [-0.4, -0.2) is 51.6 Å². The molecule has 0 spiro atoms. The lowest BCUT2D eigenvalue weighted by Crippen LogP contribution is -2.37. The summed E-state index contributed by atoms with van der Waals surface area (Å²) in [6.45, 7) is 0.0729. The number of carbonyl (C=O) groups excluding carboxylic acids is 1. The molecule has 1 rings (SSSR count). The zero-order chi connectivity index (χ0) is 18.3. The quantitative estimate of drug-likeness (QED) is 0.217. The third-order valence-electron chi connectivity index (χ3n) is 3.11. The molecule has 24 heavy (non-hydrogen) atoms. The van der Waals surface area contributed by atoms with Crippen LogP contribution in [0.15, 0.2) is 23.1 Å². The van der Waals surface area contributed by atoms with E-state index in [4.69, 9.17) is 14.9 Å². The van der Waals surface area contributed by atoms with Crippen molar-refractivity contribution in [2.75, 3.05) is 25.6 Å². The van der Waals surface area contributed by atoms with Gasteiger partial charge in [-0.05, 0) is 13.0 Å². The number of non-ortho nitro benzene ring substituents is 1. The maximum atomic E-state index is 11.7. The van der Waals surface area contributed by atoms with Crippen LogP contribution in [0, 0.1) is 25.6 Å². The molecule has 0 saturated heterocycles. The Morgan fingerprint density at radius 3 is 2.38 bits per heavy atom. The van der Waals surface area contributed by atoms with E-state index < -0.39 is 40.1 Å². The van der Waals surface area contributed by atoms with Crippen LogP contribution in [-0.2, 0) is 9.53 Å². The van der Waals surface area contributed by atoms with Crippen LogP contribution in [0.4, 0.5) is 11.4 Å². The number of thioether (sulfide) groups is 1. The predicted molar refractivity (Wildman–Crippen MR) is 83.7 cm³/mol. The van der Waals surface area contributed by atoms with E-state index in [-0.39, 0.29) is 22.9 Å². The number of nitro benzene ring substituents is 2. The Morgan fingerprint density at radius 2 is 1.88 bits per heavy atom. The SMILES string of the molecule is CC(CO)(CO)C(=O)OCCSc1ccc([N+](=O)[O-])cc1[N+](=O)[O-]. The summed E-state index contributed by atoms with van der Waals surface area (Å²) in [5.41, 5.74) is -2.21. The molecule has 0 bridgehead atoms. The first-order valence-electron chi connectivity index (χ1n) is 6.69. The zero-order valence-corrected chi connectivity index (χ0v) is 13.5. The van der Waals surface area contributed by atoms with Gasteiger partial charge in [-0.15, -0.1) is 11.8 Å². The normalized spacial score (nSPS) is 11.1. The van der Waals surface area contributed by atoms with Crippen LogP contribution >= 0.6 is 11.8 Å². The van der Waals surface area contributed by atoms with Gasteiger partial charge in [-0.25, -0.2) is 0 Å². The van der Waals surface area contributed by atoms with Crippen molar-refractivity contribution in [2.24, 2.45) is 5.41 Å². The highest BCUT2D eigenvalue weighted by Crippen LogP contribution is 2.32. The summed E-state index contributed by atoms with van der Waals surface area (Å²) >= 11 is 0.997. The molecule has 0 aromatic heterocycles. The summed E-state index contributed by atoms with van der Waals surface area (Å²) in [6.07, 6.45) is 0. The number of hydrogen-bond acceptors (Lipinski definition) is 9. The lowest BCUT2D eigenvalue weighted by atomic mass is 9.93. The highest BCUT2D eigenvalue weighted by molar-refractivity contribution is 7.99. The largest absolute Gasteiger partial charge is 0.464 e. The topological polar surface area (TPSA) is 153 Å². The van der Waals surface area contributed by atoms with E-state index in [1.807, 2.05) is 0 Å². The van der Waals surface area contributed by atoms with Crippen LogP contribution in [0.3, 0.4) is 0 Å². The van der Waals surface area contributed by atoms with E-state index >= 15 is 0 Å². The average Bonchev–Trinajstić information content (AvgIpc) is 2.57. The minimum atomic E-state index is -1.41. The summed E-state index contributed by atoms with van der Waals surface area (Å²) in [5.74, 6) is -0.622. The summed E-state index contributed by atoms with van der Waals surface area (Å²) in [6, 6.07) is 3.27. The molecule has 0 aliphatic carbocycles. The van der Waals surface area contributed by atoms with Crippen LogP contribution in [0.5, 0.6) is 0 Å².